The van der Waals surface area contributed by atoms with Gasteiger partial charge in [-0.3, -0.25) is 4.79 Å². The minimum absolute atomic E-state index is 0.0181. The second-order valence-corrected chi connectivity index (χ2v) is 4.57. The molecule has 0 aliphatic carbocycles. The van der Waals surface area contributed by atoms with Crippen LogP contribution in [0.1, 0.15) is 22.8 Å². The van der Waals surface area contributed by atoms with Gasteiger partial charge >= 0.3 is 5.82 Å². The van der Waals surface area contributed by atoms with Crippen LogP contribution in [0.15, 0.2) is 42.6 Å². The summed E-state index contributed by atoms with van der Waals surface area (Å²) in [5.74, 6) is -0.662. The summed E-state index contributed by atoms with van der Waals surface area (Å²) in [6.07, 6.45) is 0.466. The molecule has 2 rings (SSSR count). The van der Waals surface area contributed by atoms with E-state index in [-0.39, 0.29) is 11.5 Å². The van der Waals surface area contributed by atoms with Crippen molar-refractivity contribution >= 4 is 11.6 Å². The molecule has 2 aromatic rings. The second-order valence-electron chi connectivity index (χ2n) is 4.57. The highest BCUT2D eigenvalue weighted by molar-refractivity contribution is 5.99. The van der Waals surface area contributed by atoms with E-state index >= 15 is 0 Å². The fraction of sp³-hybridized carbons (Fsp3) is 0.200. The van der Waals surface area contributed by atoms with Gasteiger partial charge in [-0.15, -0.1) is 0 Å². The molecule has 1 aromatic heterocycles. The van der Waals surface area contributed by atoms with E-state index in [1.807, 2.05) is 19.1 Å². The molecule has 0 radical (unpaired) electrons. The number of ether oxygens (including phenoxy) is 1. The first-order valence-electron chi connectivity index (χ1n) is 6.36. The third-order valence-electron chi connectivity index (χ3n) is 2.93. The molecule has 0 spiro atoms. The number of carbonyl (C=O) groups excluding carboxylic acids is 1. The first kappa shape index (κ1) is 14.6. The number of hydrogen-bond acceptors (Lipinski definition) is 5. The number of nitro groups is 1. The Morgan fingerprint density at radius 2 is 1.95 bits per heavy atom. The van der Waals surface area contributed by atoms with Crippen molar-refractivity contribution < 1.29 is 14.5 Å². The maximum atomic E-state index is 12.2. The predicted octanol–water partition coefficient (Wildman–Crippen LogP) is 2.95. The zero-order chi connectivity index (χ0) is 15.4. The van der Waals surface area contributed by atoms with E-state index in [2.05, 4.69) is 4.98 Å². The molecule has 0 unspecified atom stereocenters. The van der Waals surface area contributed by atoms with Gasteiger partial charge in [0.2, 0.25) is 11.5 Å². The Morgan fingerprint density at radius 3 is 2.57 bits per heavy atom. The number of aromatic nitrogens is 1. The number of pyridine rings is 1. The van der Waals surface area contributed by atoms with Gasteiger partial charge in [-0.05, 0) is 35.9 Å². The van der Waals surface area contributed by atoms with E-state index in [1.54, 1.807) is 19.1 Å². The average Bonchev–Trinajstić information content (AvgIpc) is 2.47. The molecule has 1 heterocycles. The maximum absolute atomic E-state index is 12.2. The van der Waals surface area contributed by atoms with Crippen LogP contribution in [-0.2, 0) is 0 Å². The van der Waals surface area contributed by atoms with Gasteiger partial charge in [0.15, 0.2) is 6.10 Å². The highest BCUT2D eigenvalue weighted by Gasteiger charge is 2.22. The van der Waals surface area contributed by atoms with Gasteiger partial charge in [-0.2, -0.15) is 0 Å². The molecule has 0 aliphatic heterocycles. The first-order valence-corrected chi connectivity index (χ1v) is 6.36. The SMILES string of the molecule is Cc1ccc(C(=O)[C@H](C)Oc2cccnc2[N+](=O)[O-])cc1. The van der Waals surface area contributed by atoms with Gasteiger partial charge < -0.3 is 14.9 Å². The standard InChI is InChI=1S/C15H14N2O4/c1-10-5-7-12(8-6-10)14(18)11(2)21-13-4-3-9-16-15(13)17(19)20/h3-9,11H,1-2H3/t11-/m0/s1. The number of Topliss-reactive ketones (excluding diaryl/α,β-unsaturated/α-hetero) is 1. The highest BCUT2D eigenvalue weighted by Crippen LogP contribution is 2.24. The number of ketones is 1. The largest absolute Gasteiger partial charge is 0.474 e. The number of benzene rings is 1. The molecule has 0 saturated heterocycles. The maximum Gasteiger partial charge on any atom is 0.406 e. The van der Waals surface area contributed by atoms with Gasteiger partial charge in [-0.1, -0.05) is 29.8 Å². The Hall–Kier alpha value is -2.76. The molecule has 0 bridgehead atoms. The van der Waals surface area contributed by atoms with Crippen molar-refractivity contribution in [3.8, 4) is 5.75 Å². The molecule has 108 valence electrons. The van der Waals surface area contributed by atoms with Gasteiger partial charge in [0.1, 0.15) is 6.20 Å². The lowest BCUT2D eigenvalue weighted by Gasteiger charge is -2.13. The molecular weight excluding hydrogens is 272 g/mol. The molecule has 0 amide bonds. The molecule has 0 saturated carbocycles. The predicted molar refractivity (Wildman–Crippen MR) is 76.5 cm³/mol. The van der Waals surface area contributed by atoms with E-state index in [1.165, 1.54) is 18.3 Å². The molecule has 21 heavy (non-hydrogen) atoms. The van der Waals surface area contributed by atoms with Crippen LogP contribution in [-0.4, -0.2) is 21.8 Å². The summed E-state index contributed by atoms with van der Waals surface area (Å²) in [5, 5.41) is 10.9. The lowest BCUT2D eigenvalue weighted by Crippen LogP contribution is -2.24. The molecule has 0 fully saturated rings. The summed E-state index contributed by atoms with van der Waals surface area (Å²) < 4.78 is 5.40. The average molecular weight is 286 g/mol. The summed E-state index contributed by atoms with van der Waals surface area (Å²) in [6.45, 7) is 3.48. The topological polar surface area (TPSA) is 82.3 Å². The number of nitrogens with zero attached hydrogens (tertiary/aromatic N) is 2. The summed E-state index contributed by atoms with van der Waals surface area (Å²) in [4.78, 5) is 26.1. The number of rotatable bonds is 5. The molecule has 0 N–H and O–H groups in total. The van der Waals surface area contributed by atoms with Gasteiger partial charge in [0, 0.05) is 5.56 Å². The van der Waals surface area contributed by atoms with Crippen molar-refractivity contribution in [3.63, 3.8) is 0 Å². The van der Waals surface area contributed by atoms with Crippen LogP contribution in [0.4, 0.5) is 5.82 Å². The Balaban J connectivity index is 2.18. The zero-order valence-electron chi connectivity index (χ0n) is 11.6. The van der Waals surface area contributed by atoms with Crippen LogP contribution >= 0.6 is 0 Å². The molecule has 6 nitrogen and oxygen atoms in total. The van der Waals surface area contributed by atoms with Gasteiger partial charge in [-0.25, -0.2) is 0 Å². The van der Waals surface area contributed by atoms with Crippen LogP contribution < -0.4 is 4.74 Å². The van der Waals surface area contributed by atoms with Gasteiger partial charge in [0.25, 0.3) is 0 Å². The fourth-order valence-corrected chi connectivity index (χ4v) is 1.81. The Kier molecular flexibility index (Phi) is 4.27. The van der Waals surface area contributed by atoms with Crippen LogP contribution in [0.2, 0.25) is 0 Å². The lowest BCUT2D eigenvalue weighted by molar-refractivity contribution is -0.390. The fourth-order valence-electron chi connectivity index (χ4n) is 1.81. The summed E-state index contributed by atoms with van der Waals surface area (Å²) >= 11 is 0. The monoisotopic (exact) mass is 286 g/mol. The van der Waals surface area contributed by atoms with E-state index in [0.29, 0.717) is 5.56 Å². The van der Waals surface area contributed by atoms with Crippen molar-refractivity contribution in [2.45, 2.75) is 20.0 Å². The minimum Gasteiger partial charge on any atom is -0.474 e. The first-order chi connectivity index (χ1) is 9.99. The number of carbonyl (C=O) groups is 1. The lowest BCUT2D eigenvalue weighted by atomic mass is 10.1. The molecule has 1 atom stereocenters. The Bertz CT molecular complexity index is 668. The quantitative estimate of drug-likeness (QED) is 0.479. The summed E-state index contributed by atoms with van der Waals surface area (Å²) in [7, 11) is 0. The van der Waals surface area contributed by atoms with Crippen molar-refractivity contribution in [3.05, 3.63) is 63.8 Å². The van der Waals surface area contributed by atoms with Gasteiger partial charge in [0.05, 0.1) is 0 Å². The number of hydrogen-bond donors (Lipinski definition) is 0. The normalized spacial score (nSPS) is 11.7. The molecular formula is C15H14N2O4. The zero-order valence-corrected chi connectivity index (χ0v) is 11.6. The van der Waals surface area contributed by atoms with Crippen LogP contribution in [0.5, 0.6) is 5.75 Å². The van der Waals surface area contributed by atoms with E-state index in [0.717, 1.165) is 5.56 Å². The smallest absolute Gasteiger partial charge is 0.406 e. The van der Waals surface area contributed by atoms with E-state index in [9.17, 15) is 14.9 Å². The van der Waals surface area contributed by atoms with Crippen LogP contribution in [0.25, 0.3) is 0 Å². The highest BCUT2D eigenvalue weighted by atomic mass is 16.6. The third kappa shape index (κ3) is 3.42. The second kappa shape index (κ2) is 6.13. The van der Waals surface area contributed by atoms with E-state index in [4.69, 9.17) is 4.74 Å². The summed E-state index contributed by atoms with van der Waals surface area (Å²) in [5.41, 5.74) is 1.54. The van der Waals surface area contributed by atoms with E-state index < -0.39 is 16.8 Å². The Morgan fingerprint density at radius 1 is 1.29 bits per heavy atom. The summed E-state index contributed by atoms with van der Waals surface area (Å²) in [6, 6.07) is 10.00. The number of aryl methyl sites for hydroxylation is 1. The third-order valence-corrected chi connectivity index (χ3v) is 2.93. The van der Waals surface area contributed by atoms with Crippen molar-refractivity contribution in [1.82, 2.24) is 4.98 Å². The van der Waals surface area contributed by atoms with Crippen LogP contribution in [0, 0.1) is 17.0 Å². The minimum atomic E-state index is -0.837. The molecule has 0 aliphatic rings. The molecule has 6 heteroatoms. The molecule has 1 aromatic carbocycles. The van der Waals surface area contributed by atoms with Crippen LogP contribution in [0.3, 0.4) is 0 Å². The van der Waals surface area contributed by atoms with Crippen molar-refractivity contribution in [2.75, 3.05) is 0 Å². The van der Waals surface area contributed by atoms with Crippen molar-refractivity contribution in [1.29, 1.82) is 0 Å². The Labute approximate surface area is 121 Å². The van der Waals surface area contributed by atoms with Crippen molar-refractivity contribution in [2.24, 2.45) is 0 Å².